The number of hydrogen-bond donors (Lipinski definition) is 1. The van der Waals surface area contributed by atoms with Crippen molar-refractivity contribution >= 4 is 17.5 Å². The average Bonchev–Trinajstić information content (AvgIpc) is 2.93. The van der Waals surface area contributed by atoms with Crippen molar-refractivity contribution in [3.63, 3.8) is 0 Å². The second-order valence-electron chi connectivity index (χ2n) is 10.4. The third-order valence-corrected chi connectivity index (χ3v) is 9.11. The highest BCUT2D eigenvalue weighted by molar-refractivity contribution is 6.04. The molecule has 0 heterocycles. The molecule has 0 unspecified atom stereocenters. The first-order valence-electron chi connectivity index (χ1n) is 11.1. The van der Waals surface area contributed by atoms with E-state index >= 15 is 4.39 Å². The summed E-state index contributed by atoms with van der Waals surface area (Å²) in [4.78, 5) is 36.8. The van der Waals surface area contributed by atoms with Crippen molar-refractivity contribution in [1.29, 1.82) is 0 Å². The Morgan fingerprint density at radius 3 is 2.53 bits per heavy atom. The predicted molar refractivity (Wildman–Crippen MR) is 108 cm³/mol. The van der Waals surface area contributed by atoms with Crippen molar-refractivity contribution in [1.82, 2.24) is 0 Å². The van der Waals surface area contributed by atoms with Crippen LogP contribution in [0.3, 0.4) is 0 Å². The summed E-state index contributed by atoms with van der Waals surface area (Å²) in [6.45, 7) is 4.63. The Balaban J connectivity index is 1.88. The van der Waals surface area contributed by atoms with Crippen LogP contribution in [0.25, 0.3) is 0 Å². The fourth-order valence-electron chi connectivity index (χ4n) is 7.80. The molecule has 0 aromatic heterocycles. The molecule has 0 aromatic carbocycles. The van der Waals surface area contributed by atoms with Crippen molar-refractivity contribution in [3.8, 4) is 0 Å². The SMILES string of the molecule is CC(=O)O[C@@]1(C(=O)CF)[C@@H](C)C[C@H]2[C@@H]3CCC4=C(F)C(=O)C=C[C@]4(C)[C@@]3(F)[C@@H](O)C[C@@]21C. The van der Waals surface area contributed by atoms with E-state index in [1.807, 2.05) is 0 Å². The van der Waals surface area contributed by atoms with Crippen LogP contribution in [0.15, 0.2) is 23.6 Å². The second-order valence-corrected chi connectivity index (χ2v) is 10.4. The number of esters is 1. The van der Waals surface area contributed by atoms with Crippen LogP contribution in [0, 0.1) is 28.6 Å². The van der Waals surface area contributed by atoms with Crippen LogP contribution in [-0.2, 0) is 19.1 Å². The topological polar surface area (TPSA) is 80.7 Å². The number of ether oxygens (including phenoxy) is 1. The minimum Gasteiger partial charge on any atom is -0.450 e. The van der Waals surface area contributed by atoms with Crippen LogP contribution in [0.2, 0.25) is 0 Å². The third-order valence-electron chi connectivity index (χ3n) is 9.11. The molecule has 0 spiro atoms. The lowest BCUT2D eigenvalue weighted by molar-refractivity contribution is -0.227. The molecule has 4 aliphatic rings. The zero-order valence-electron chi connectivity index (χ0n) is 18.7. The lowest BCUT2D eigenvalue weighted by Gasteiger charge is -2.62. The standard InChI is InChI=1S/C24H29F3O5/c1-12-9-16-14-5-6-15-20(26)17(29)7-8-21(15,3)23(14,27)18(30)10-22(16,4)24(12,19(31)11-25)32-13(2)28/h7-8,12,14,16,18,30H,5-6,9-11H2,1-4H3/t12-,14-,16-,18-,21-,22-,23-,24+/m0/s1. The van der Waals surface area contributed by atoms with Crippen molar-refractivity contribution in [2.75, 3.05) is 6.67 Å². The van der Waals surface area contributed by atoms with Crippen molar-refractivity contribution in [2.24, 2.45) is 28.6 Å². The highest BCUT2D eigenvalue weighted by atomic mass is 19.1. The quantitative estimate of drug-likeness (QED) is 0.657. The molecule has 0 aromatic rings. The minimum absolute atomic E-state index is 0.0449. The van der Waals surface area contributed by atoms with Gasteiger partial charge < -0.3 is 9.84 Å². The van der Waals surface area contributed by atoms with E-state index in [1.54, 1.807) is 13.8 Å². The molecule has 0 radical (unpaired) electrons. The van der Waals surface area contributed by atoms with E-state index in [9.17, 15) is 28.3 Å². The summed E-state index contributed by atoms with van der Waals surface area (Å²) in [6, 6.07) is 0. The van der Waals surface area contributed by atoms with E-state index < -0.39 is 76.0 Å². The molecule has 0 saturated heterocycles. The summed E-state index contributed by atoms with van der Waals surface area (Å²) in [5, 5.41) is 11.3. The van der Waals surface area contributed by atoms with Gasteiger partial charge in [-0.05, 0) is 50.2 Å². The van der Waals surface area contributed by atoms with Crippen LogP contribution in [-0.4, -0.2) is 46.7 Å². The summed E-state index contributed by atoms with van der Waals surface area (Å²) < 4.78 is 51.1. The van der Waals surface area contributed by atoms with Gasteiger partial charge in [0, 0.05) is 29.6 Å². The van der Waals surface area contributed by atoms with Gasteiger partial charge in [-0.25, -0.2) is 13.2 Å². The first-order chi connectivity index (χ1) is 14.8. The number of ketones is 2. The zero-order valence-corrected chi connectivity index (χ0v) is 18.7. The van der Waals surface area contributed by atoms with Gasteiger partial charge in [-0.3, -0.25) is 14.4 Å². The summed E-state index contributed by atoms with van der Waals surface area (Å²) in [5.74, 6) is -5.34. The first kappa shape index (κ1) is 23.2. The molecule has 8 atom stereocenters. The Morgan fingerprint density at radius 1 is 1.28 bits per heavy atom. The van der Waals surface area contributed by atoms with Crippen LogP contribution in [0.1, 0.15) is 53.4 Å². The highest BCUT2D eigenvalue weighted by Gasteiger charge is 2.77. The monoisotopic (exact) mass is 454 g/mol. The Kier molecular flexibility index (Phi) is 5.09. The normalized spacial score (nSPS) is 47.6. The lowest BCUT2D eigenvalue weighted by atomic mass is 9.44. The molecule has 3 saturated carbocycles. The minimum atomic E-state index is -2.30. The fourth-order valence-corrected chi connectivity index (χ4v) is 7.80. The molecule has 32 heavy (non-hydrogen) atoms. The number of aliphatic hydroxyl groups is 1. The Bertz CT molecular complexity index is 959. The molecule has 0 bridgehead atoms. The largest absolute Gasteiger partial charge is 0.450 e. The number of rotatable bonds is 3. The molecule has 0 amide bonds. The number of aliphatic hydroxyl groups excluding tert-OH is 1. The number of allylic oxidation sites excluding steroid dienone is 4. The summed E-state index contributed by atoms with van der Waals surface area (Å²) in [5.41, 5.74) is -6.81. The molecule has 4 rings (SSSR count). The molecule has 5 nitrogen and oxygen atoms in total. The van der Waals surface area contributed by atoms with Crippen molar-refractivity contribution in [3.05, 3.63) is 23.6 Å². The van der Waals surface area contributed by atoms with E-state index in [0.29, 0.717) is 6.42 Å². The van der Waals surface area contributed by atoms with E-state index in [-0.39, 0.29) is 24.8 Å². The molecular formula is C24H29F3O5. The van der Waals surface area contributed by atoms with Gasteiger partial charge in [0.25, 0.3) is 0 Å². The van der Waals surface area contributed by atoms with Crippen LogP contribution < -0.4 is 0 Å². The molecule has 0 aliphatic heterocycles. The number of halogens is 3. The summed E-state index contributed by atoms with van der Waals surface area (Å²) in [6.07, 6.45) is 1.01. The highest BCUT2D eigenvalue weighted by Crippen LogP contribution is 2.71. The number of Topliss-reactive ketones (excluding diaryl/α,β-unsaturated/α-hetero) is 1. The maximum absolute atomic E-state index is 17.1. The fraction of sp³-hybridized carbons (Fsp3) is 0.708. The number of carbonyl (C=O) groups is 3. The molecule has 4 aliphatic carbocycles. The molecule has 176 valence electrons. The van der Waals surface area contributed by atoms with Crippen LogP contribution >= 0.6 is 0 Å². The number of fused-ring (bicyclic) bond motifs is 5. The van der Waals surface area contributed by atoms with Gasteiger partial charge in [0.2, 0.25) is 11.6 Å². The van der Waals surface area contributed by atoms with Gasteiger partial charge in [0.05, 0.1) is 6.10 Å². The van der Waals surface area contributed by atoms with Gasteiger partial charge >= 0.3 is 5.97 Å². The van der Waals surface area contributed by atoms with E-state index in [2.05, 4.69) is 0 Å². The van der Waals surface area contributed by atoms with Gasteiger partial charge in [0.15, 0.2) is 23.8 Å². The summed E-state index contributed by atoms with van der Waals surface area (Å²) >= 11 is 0. The van der Waals surface area contributed by atoms with Crippen LogP contribution in [0.5, 0.6) is 0 Å². The van der Waals surface area contributed by atoms with Crippen molar-refractivity contribution in [2.45, 2.75) is 70.8 Å². The Labute approximate surface area is 185 Å². The van der Waals surface area contributed by atoms with Gasteiger partial charge in [-0.1, -0.05) is 19.9 Å². The van der Waals surface area contributed by atoms with Crippen molar-refractivity contribution < 1.29 is 37.4 Å². The maximum Gasteiger partial charge on any atom is 0.303 e. The van der Waals surface area contributed by atoms with Crippen LogP contribution in [0.4, 0.5) is 13.2 Å². The maximum atomic E-state index is 17.1. The van der Waals surface area contributed by atoms with Gasteiger partial charge in [-0.2, -0.15) is 0 Å². The smallest absolute Gasteiger partial charge is 0.303 e. The lowest BCUT2D eigenvalue weighted by Crippen LogP contribution is -2.70. The average molecular weight is 454 g/mol. The molecular weight excluding hydrogens is 425 g/mol. The Hall–Kier alpha value is -1.96. The predicted octanol–water partition coefficient (Wildman–Crippen LogP) is 3.74. The van der Waals surface area contributed by atoms with Gasteiger partial charge in [-0.15, -0.1) is 0 Å². The number of carbonyl (C=O) groups excluding carboxylic acids is 3. The second kappa shape index (κ2) is 7.02. The summed E-state index contributed by atoms with van der Waals surface area (Å²) in [7, 11) is 0. The van der Waals surface area contributed by atoms with E-state index in [4.69, 9.17) is 4.74 Å². The van der Waals surface area contributed by atoms with E-state index in [0.717, 1.165) is 13.0 Å². The Morgan fingerprint density at radius 2 is 1.94 bits per heavy atom. The molecule has 3 fully saturated rings. The number of hydrogen-bond acceptors (Lipinski definition) is 5. The van der Waals surface area contributed by atoms with Gasteiger partial charge in [0.1, 0.15) is 0 Å². The first-order valence-corrected chi connectivity index (χ1v) is 11.1. The molecule has 1 N–H and O–H groups in total. The third kappa shape index (κ3) is 2.47. The number of alkyl halides is 2. The van der Waals surface area contributed by atoms with E-state index in [1.165, 1.54) is 13.0 Å². The zero-order chi connectivity index (χ0) is 23.9. The molecule has 8 heteroatoms.